The van der Waals surface area contributed by atoms with E-state index in [1.54, 1.807) is 6.92 Å². The predicted octanol–water partition coefficient (Wildman–Crippen LogP) is 1.98. The Bertz CT molecular complexity index is 583. The summed E-state index contributed by atoms with van der Waals surface area (Å²) in [6.45, 7) is 2.15. The standard InChI is InChI=1S/C13H13N3OS/c1-10-15-16-13(17-10)18-9-12-5-2-4-11(8-12)6-3-7-14/h2,4-5,8H,7,9,14H2,1H3. The Morgan fingerprint density at radius 1 is 1.39 bits per heavy atom. The van der Waals surface area contributed by atoms with E-state index in [2.05, 4.69) is 22.0 Å². The number of nitrogens with two attached hydrogens (primary N) is 1. The van der Waals surface area contributed by atoms with Crippen molar-refractivity contribution in [2.75, 3.05) is 6.54 Å². The number of hydrogen-bond acceptors (Lipinski definition) is 5. The van der Waals surface area contributed by atoms with Crippen LogP contribution >= 0.6 is 11.8 Å². The number of thioether (sulfide) groups is 1. The number of hydrogen-bond donors (Lipinski definition) is 1. The molecule has 0 aliphatic carbocycles. The largest absolute Gasteiger partial charge is 0.416 e. The summed E-state index contributed by atoms with van der Waals surface area (Å²) in [6.07, 6.45) is 0. The first-order valence-corrected chi connectivity index (χ1v) is 6.47. The van der Waals surface area contributed by atoms with Gasteiger partial charge < -0.3 is 10.2 Å². The van der Waals surface area contributed by atoms with Crippen LogP contribution in [0.25, 0.3) is 0 Å². The number of aromatic nitrogens is 2. The Labute approximate surface area is 110 Å². The van der Waals surface area contributed by atoms with Gasteiger partial charge in [-0.1, -0.05) is 35.7 Å². The van der Waals surface area contributed by atoms with Gasteiger partial charge in [-0.3, -0.25) is 0 Å². The normalized spacial score (nSPS) is 9.89. The van der Waals surface area contributed by atoms with Gasteiger partial charge in [-0.25, -0.2) is 0 Å². The second kappa shape index (κ2) is 6.24. The van der Waals surface area contributed by atoms with Crippen molar-refractivity contribution in [1.29, 1.82) is 0 Å². The fourth-order valence-electron chi connectivity index (χ4n) is 1.37. The number of aryl methyl sites for hydroxylation is 1. The Morgan fingerprint density at radius 3 is 3.00 bits per heavy atom. The van der Waals surface area contributed by atoms with Crippen molar-refractivity contribution in [2.45, 2.75) is 17.9 Å². The van der Waals surface area contributed by atoms with Gasteiger partial charge >= 0.3 is 0 Å². The molecule has 0 saturated heterocycles. The molecular weight excluding hydrogens is 246 g/mol. The van der Waals surface area contributed by atoms with Gasteiger partial charge in [0.15, 0.2) is 0 Å². The van der Waals surface area contributed by atoms with E-state index in [-0.39, 0.29) is 0 Å². The van der Waals surface area contributed by atoms with Crippen molar-refractivity contribution < 1.29 is 4.42 Å². The van der Waals surface area contributed by atoms with Gasteiger partial charge in [0.1, 0.15) is 0 Å². The second-order valence-electron chi connectivity index (χ2n) is 3.58. The van der Waals surface area contributed by atoms with Crippen LogP contribution in [0.5, 0.6) is 0 Å². The summed E-state index contributed by atoms with van der Waals surface area (Å²) >= 11 is 1.51. The first-order chi connectivity index (χ1) is 8.78. The van der Waals surface area contributed by atoms with Gasteiger partial charge in [0.2, 0.25) is 5.89 Å². The Hall–Kier alpha value is -1.77. The maximum atomic E-state index is 5.35. The number of benzene rings is 1. The first kappa shape index (κ1) is 12.7. The fourth-order valence-corrected chi connectivity index (χ4v) is 2.12. The van der Waals surface area contributed by atoms with Crippen molar-refractivity contribution in [3.05, 3.63) is 41.3 Å². The molecule has 0 aliphatic heterocycles. The zero-order valence-corrected chi connectivity index (χ0v) is 10.8. The van der Waals surface area contributed by atoms with Crippen LogP contribution in [0, 0.1) is 18.8 Å². The molecule has 2 N–H and O–H groups in total. The maximum Gasteiger partial charge on any atom is 0.276 e. The third kappa shape index (κ3) is 3.62. The molecule has 92 valence electrons. The first-order valence-electron chi connectivity index (χ1n) is 5.48. The second-order valence-corrected chi connectivity index (χ2v) is 4.51. The van der Waals surface area contributed by atoms with E-state index in [9.17, 15) is 0 Å². The van der Waals surface area contributed by atoms with Crippen LogP contribution in [0.3, 0.4) is 0 Å². The van der Waals surface area contributed by atoms with Crippen LogP contribution in [-0.4, -0.2) is 16.7 Å². The van der Waals surface area contributed by atoms with Gasteiger partial charge in [-0.15, -0.1) is 10.2 Å². The van der Waals surface area contributed by atoms with Crippen LogP contribution in [-0.2, 0) is 5.75 Å². The average molecular weight is 259 g/mol. The molecule has 0 saturated carbocycles. The van der Waals surface area contributed by atoms with E-state index in [0.717, 1.165) is 11.3 Å². The van der Waals surface area contributed by atoms with Gasteiger partial charge in [0, 0.05) is 18.2 Å². The Morgan fingerprint density at radius 2 is 2.28 bits per heavy atom. The zero-order chi connectivity index (χ0) is 12.8. The molecule has 0 spiro atoms. The lowest BCUT2D eigenvalue weighted by molar-refractivity contribution is 0.429. The minimum atomic E-state index is 0.375. The van der Waals surface area contributed by atoms with Crippen molar-refractivity contribution in [3.63, 3.8) is 0 Å². The molecule has 0 radical (unpaired) electrons. The molecule has 0 amide bonds. The molecule has 18 heavy (non-hydrogen) atoms. The highest BCUT2D eigenvalue weighted by Crippen LogP contribution is 2.21. The molecule has 2 rings (SSSR count). The summed E-state index contributed by atoms with van der Waals surface area (Å²) in [7, 11) is 0. The molecular formula is C13H13N3OS. The lowest BCUT2D eigenvalue weighted by atomic mass is 10.1. The summed E-state index contributed by atoms with van der Waals surface area (Å²) in [5.41, 5.74) is 7.48. The smallest absolute Gasteiger partial charge is 0.276 e. The van der Waals surface area contributed by atoms with Crippen LogP contribution in [0.4, 0.5) is 0 Å². The lowest BCUT2D eigenvalue weighted by Gasteiger charge is -1.99. The Balaban J connectivity index is 2.01. The van der Waals surface area contributed by atoms with Crippen molar-refractivity contribution in [3.8, 4) is 11.8 Å². The zero-order valence-electron chi connectivity index (χ0n) is 10.0. The molecule has 0 fully saturated rings. The summed E-state index contributed by atoms with van der Waals surface area (Å²) in [5, 5.41) is 8.31. The van der Waals surface area contributed by atoms with Gasteiger partial charge in [0.05, 0.1) is 6.54 Å². The number of rotatable bonds is 3. The molecule has 4 nitrogen and oxygen atoms in total. The predicted molar refractivity (Wildman–Crippen MR) is 71.0 cm³/mol. The molecule has 0 unspecified atom stereocenters. The van der Waals surface area contributed by atoms with Crippen LogP contribution in [0.2, 0.25) is 0 Å². The SMILES string of the molecule is Cc1nnc(SCc2cccc(C#CCN)c2)o1. The highest BCUT2D eigenvalue weighted by molar-refractivity contribution is 7.98. The Kier molecular flexibility index (Phi) is 4.40. The van der Waals surface area contributed by atoms with Gasteiger partial charge in [0.25, 0.3) is 5.22 Å². The molecule has 2 aromatic rings. The molecule has 1 aromatic heterocycles. The maximum absolute atomic E-state index is 5.35. The molecule has 5 heteroatoms. The topological polar surface area (TPSA) is 64.9 Å². The van der Waals surface area contributed by atoms with Gasteiger partial charge in [-0.05, 0) is 17.7 Å². The third-order valence-corrected chi connectivity index (χ3v) is 3.02. The third-order valence-electron chi connectivity index (χ3n) is 2.13. The monoisotopic (exact) mass is 259 g/mol. The summed E-state index contributed by atoms with van der Waals surface area (Å²) < 4.78 is 5.30. The quantitative estimate of drug-likeness (QED) is 0.674. The molecule has 0 atom stereocenters. The lowest BCUT2D eigenvalue weighted by Crippen LogP contribution is -1.93. The van der Waals surface area contributed by atoms with E-state index < -0.39 is 0 Å². The average Bonchev–Trinajstić information content (AvgIpc) is 2.80. The molecule has 0 bridgehead atoms. The van der Waals surface area contributed by atoms with E-state index in [0.29, 0.717) is 17.7 Å². The summed E-state index contributed by atoms with van der Waals surface area (Å²) in [5.74, 6) is 7.21. The minimum Gasteiger partial charge on any atom is -0.416 e. The summed E-state index contributed by atoms with van der Waals surface area (Å²) in [4.78, 5) is 0. The number of nitrogens with zero attached hydrogens (tertiary/aromatic N) is 2. The molecule has 1 aromatic carbocycles. The van der Waals surface area contributed by atoms with Gasteiger partial charge in [-0.2, -0.15) is 0 Å². The van der Waals surface area contributed by atoms with Crippen molar-refractivity contribution in [1.82, 2.24) is 10.2 Å². The highest BCUT2D eigenvalue weighted by Gasteiger charge is 2.03. The van der Waals surface area contributed by atoms with Crippen molar-refractivity contribution in [2.24, 2.45) is 5.73 Å². The van der Waals surface area contributed by atoms with E-state index in [1.807, 2.05) is 24.3 Å². The highest BCUT2D eigenvalue weighted by atomic mass is 32.2. The van der Waals surface area contributed by atoms with Crippen LogP contribution < -0.4 is 5.73 Å². The minimum absolute atomic E-state index is 0.375. The molecule has 0 aliphatic rings. The van der Waals surface area contributed by atoms with Crippen molar-refractivity contribution >= 4 is 11.8 Å². The molecule has 1 heterocycles. The van der Waals surface area contributed by atoms with E-state index in [4.69, 9.17) is 10.2 Å². The van der Waals surface area contributed by atoms with Crippen LogP contribution in [0.15, 0.2) is 33.9 Å². The summed E-state index contributed by atoms with van der Waals surface area (Å²) in [6, 6.07) is 8.03. The van der Waals surface area contributed by atoms with E-state index in [1.165, 1.54) is 17.3 Å². The van der Waals surface area contributed by atoms with Crippen LogP contribution in [0.1, 0.15) is 17.0 Å². The fraction of sp³-hybridized carbons (Fsp3) is 0.231. The van der Waals surface area contributed by atoms with E-state index >= 15 is 0 Å².